The SMILES string of the molecule is CC(C)(C(=O)O)C1(O)CCOCC1. The first-order chi connectivity index (χ1) is 5.90. The third-order valence-electron chi connectivity index (χ3n) is 3.02. The molecule has 4 heteroatoms. The molecule has 0 spiro atoms. The maximum absolute atomic E-state index is 10.9. The molecule has 4 nitrogen and oxygen atoms in total. The molecule has 76 valence electrons. The van der Waals surface area contributed by atoms with E-state index in [2.05, 4.69) is 0 Å². The van der Waals surface area contributed by atoms with Gasteiger partial charge in [0.15, 0.2) is 0 Å². The quantitative estimate of drug-likeness (QED) is 0.667. The molecule has 0 aromatic heterocycles. The van der Waals surface area contributed by atoms with Gasteiger partial charge in [-0.05, 0) is 13.8 Å². The van der Waals surface area contributed by atoms with E-state index in [0.29, 0.717) is 26.1 Å². The molecule has 0 aliphatic carbocycles. The Labute approximate surface area is 77.5 Å². The fraction of sp³-hybridized carbons (Fsp3) is 0.889. The molecule has 0 radical (unpaired) electrons. The molecule has 0 amide bonds. The van der Waals surface area contributed by atoms with Gasteiger partial charge < -0.3 is 14.9 Å². The number of hydrogen-bond acceptors (Lipinski definition) is 3. The van der Waals surface area contributed by atoms with Crippen molar-refractivity contribution in [2.75, 3.05) is 13.2 Å². The zero-order valence-electron chi connectivity index (χ0n) is 8.04. The fourth-order valence-electron chi connectivity index (χ4n) is 1.53. The molecule has 0 atom stereocenters. The van der Waals surface area contributed by atoms with E-state index in [0.717, 1.165) is 0 Å². The van der Waals surface area contributed by atoms with E-state index in [1.54, 1.807) is 13.8 Å². The van der Waals surface area contributed by atoms with Crippen LogP contribution in [0.2, 0.25) is 0 Å². The third kappa shape index (κ3) is 1.69. The third-order valence-corrected chi connectivity index (χ3v) is 3.02. The summed E-state index contributed by atoms with van der Waals surface area (Å²) in [5.74, 6) is -0.961. The highest BCUT2D eigenvalue weighted by molar-refractivity contribution is 5.75. The number of hydrogen-bond donors (Lipinski definition) is 2. The summed E-state index contributed by atoms with van der Waals surface area (Å²) < 4.78 is 5.09. The summed E-state index contributed by atoms with van der Waals surface area (Å²) in [7, 11) is 0. The summed E-state index contributed by atoms with van der Waals surface area (Å²) in [6.45, 7) is 3.99. The Morgan fingerprint density at radius 1 is 1.38 bits per heavy atom. The van der Waals surface area contributed by atoms with Crippen molar-refractivity contribution in [3.05, 3.63) is 0 Å². The average Bonchev–Trinajstić information content (AvgIpc) is 2.05. The van der Waals surface area contributed by atoms with E-state index >= 15 is 0 Å². The number of aliphatic carboxylic acids is 1. The van der Waals surface area contributed by atoms with Gasteiger partial charge in [0.05, 0.1) is 11.0 Å². The number of rotatable bonds is 2. The molecule has 13 heavy (non-hydrogen) atoms. The van der Waals surface area contributed by atoms with Crippen LogP contribution in [-0.4, -0.2) is 35.0 Å². The van der Waals surface area contributed by atoms with Gasteiger partial charge in [0, 0.05) is 26.1 Å². The van der Waals surface area contributed by atoms with Crippen molar-refractivity contribution in [3.8, 4) is 0 Å². The van der Waals surface area contributed by atoms with Crippen molar-refractivity contribution in [2.45, 2.75) is 32.3 Å². The van der Waals surface area contributed by atoms with Crippen LogP contribution in [0.4, 0.5) is 0 Å². The minimum atomic E-state index is -1.13. The van der Waals surface area contributed by atoms with Gasteiger partial charge in [-0.15, -0.1) is 0 Å². The zero-order valence-corrected chi connectivity index (χ0v) is 8.04. The molecular formula is C9H16O4. The highest BCUT2D eigenvalue weighted by Crippen LogP contribution is 2.38. The smallest absolute Gasteiger partial charge is 0.312 e. The van der Waals surface area contributed by atoms with Crippen LogP contribution in [0.1, 0.15) is 26.7 Å². The summed E-state index contributed by atoms with van der Waals surface area (Å²) in [6.07, 6.45) is 0.790. The van der Waals surface area contributed by atoms with E-state index in [-0.39, 0.29) is 0 Å². The first-order valence-corrected chi connectivity index (χ1v) is 4.44. The maximum atomic E-state index is 10.9. The van der Waals surface area contributed by atoms with Crippen molar-refractivity contribution in [1.82, 2.24) is 0 Å². The molecule has 1 rings (SSSR count). The highest BCUT2D eigenvalue weighted by Gasteiger charge is 2.49. The molecule has 1 aliphatic heterocycles. The Hall–Kier alpha value is -0.610. The molecule has 0 unspecified atom stereocenters. The normalized spacial score (nSPS) is 22.7. The molecule has 2 N–H and O–H groups in total. The standard InChI is InChI=1S/C9H16O4/c1-8(2,7(10)11)9(12)3-5-13-6-4-9/h12H,3-6H2,1-2H3,(H,10,11). The largest absolute Gasteiger partial charge is 0.481 e. The van der Waals surface area contributed by atoms with Crippen LogP contribution >= 0.6 is 0 Å². The van der Waals surface area contributed by atoms with Gasteiger partial charge in [0.1, 0.15) is 0 Å². The lowest BCUT2D eigenvalue weighted by atomic mass is 9.70. The lowest BCUT2D eigenvalue weighted by molar-refractivity contribution is -0.177. The van der Waals surface area contributed by atoms with Crippen molar-refractivity contribution in [3.63, 3.8) is 0 Å². The predicted octanol–water partition coefficient (Wildman–Crippen LogP) is 0.639. The lowest BCUT2D eigenvalue weighted by Crippen LogP contribution is -2.52. The van der Waals surface area contributed by atoms with Gasteiger partial charge in [0.25, 0.3) is 0 Å². The number of carboxylic acid groups (broad SMARTS) is 1. The minimum Gasteiger partial charge on any atom is -0.481 e. The second-order valence-corrected chi connectivity index (χ2v) is 4.07. The summed E-state index contributed by atoms with van der Waals surface area (Å²) in [5.41, 5.74) is -2.23. The maximum Gasteiger partial charge on any atom is 0.312 e. The van der Waals surface area contributed by atoms with E-state index in [4.69, 9.17) is 9.84 Å². The van der Waals surface area contributed by atoms with E-state index in [1.807, 2.05) is 0 Å². The minimum absolute atomic E-state index is 0.395. The summed E-state index contributed by atoms with van der Waals surface area (Å²) in [5, 5.41) is 19.1. The van der Waals surface area contributed by atoms with Gasteiger partial charge in [-0.3, -0.25) is 4.79 Å². The monoisotopic (exact) mass is 188 g/mol. The first kappa shape index (κ1) is 10.5. The van der Waals surface area contributed by atoms with Crippen LogP contribution in [0.3, 0.4) is 0 Å². The number of aliphatic hydroxyl groups is 1. The molecule has 1 saturated heterocycles. The van der Waals surface area contributed by atoms with Crippen molar-refractivity contribution < 1.29 is 19.7 Å². The van der Waals surface area contributed by atoms with Crippen LogP contribution in [0, 0.1) is 5.41 Å². The van der Waals surface area contributed by atoms with E-state index < -0.39 is 17.0 Å². The van der Waals surface area contributed by atoms with Gasteiger partial charge in [0.2, 0.25) is 0 Å². The second kappa shape index (κ2) is 3.27. The second-order valence-electron chi connectivity index (χ2n) is 4.07. The molecule has 0 saturated carbocycles. The Kier molecular flexibility index (Phi) is 2.63. The Bertz CT molecular complexity index is 204. The van der Waals surface area contributed by atoms with E-state index in [9.17, 15) is 9.90 Å². The summed E-state index contributed by atoms with van der Waals surface area (Å²) >= 11 is 0. The molecule has 1 fully saturated rings. The van der Waals surface area contributed by atoms with Gasteiger partial charge in [-0.2, -0.15) is 0 Å². The summed E-state index contributed by atoms with van der Waals surface area (Å²) in [6, 6.07) is 0. The zero-order chi connectivity index (χ0) is 10.1. The van der Waals surface area contributed by atoms with E-state index in [1.165, 1.54) is 0 Å². The average molecular weight is 188 g/mol. The molecule has 0 bridgehead atoms. The highest BCUT2D eigenvalue weighted by atomic mass is 16.5. The Morgan fingerprint density at radius 3 is 2.23 bits per heavy atom. The van der Waals surface area contributed by atoms with Gasteiger partial charge >= 0.3 is 5.97 Å². The van der Waals surface area contributed by atoms with Crippen LogP contribution in [-0.2, 0) is 9.53 Å². The molecule has 0 aromatic carbocycles. The van der Waals surface area contributed by atoms with Crippen LogP contribution in [0.25, 0.3) is 0 Å². The van der Waals surface area contributed by atoms with Crippen LogP contribution in [0.15, 0.2) is 0 Å². The van der Waals surface area contributed by atoms with Crippen LogP contribution < -0.4 is 0 Å². The molecule has 1 aliphatic rings. The van der Waals surface area contributed by atoms with Crippen LogP contribution in [0.5, 0.6) is 0 Å². The van der Waals surface area contributed by atoms with Crippen molar-refractivity contribution >= 4 is 5.97 Å². The number of carbonyl (C=O) groups is 1. The molecule has 0 aromatic rings. The van der Waals surface area contributed by atoms with Gasteiger partial charge in [-0.1, -0.05) is 0 Å². The Morgan fingerprint density at radius 2 is 1.85 bits per heavy atom. The van der Waals surface area contributed by atoms with Crippen molar-refractivity contribution in [2.24, 2.45) is 5.41 Å². The van der Waals surface area contributed by atoms with Gasteiger partial charge in [-0.25, -0.2) is 0 Å². The lowest BCUT2D eigenvalue weighted by Gasteiger charge is -2.42. The number of ether oxygens (including phenoxy) is 1. The first-order valence-electron chi connectivity index (χ1n) is 4.44. The molecule has 1 heterocycles. The summed E-state index contributed by atoms with van der Waals surface area (Å²) in [4.78, 5) is 10.9. The number of carboxylic acids is 1. The molecular weight excluding hydrogens is 172 g/mol. The fourth-order valence-corrected chi connectivity index (χ4v) is 1.53. The topological polar surface area (TPSA) is 66.8 Å². The van der Waals surface area contributed by atoms with Crippen molar-refractivity contribution in [1.29, 1.82) is 0 Å². The predicted molar refractivity (Wildman–Crippen MR) is 46.4 cm³/mol. The Balaban J connectivity index is 2.82.